The van der Waals surface area contributed by atoms with Gasteiger partial charge in [-0.3, -0.25) is 19.3 Å². The molecule has 0 radical (unpaired) electrons. The normalized spacial score (nSPS) is 17.4. The number of carbonyl (C=O) groups is 4. The van der Waals surface area contributed by atoms with E-state index in [2.05, 4.69) is 41.4 Å². The van der Waals surface area contributed by atoms with Crippen molar-refractivity contribution in [2.24, 2.45) is 5.16 Å². The van der Waals surface area contributed by atoms with Gasteiger partial charge in [0, 0.05) is 28.8 Å². The Bertz CT molecular complexity index is 2100. The van der Waals surface area contributed by atoms with E-state index in [1.54, 1.807) is 29.1 Å². The fraction of sp³-hybridized carbons (Fsp3) is 0.241. The molecule has 2 aliphatic rings. The highest BCUT2D eigenvalue weighted by atomic mass is 35.5. The third-order valence-corrected chi connectivity index (χ3v) is 10.0. The number of thiazole rings is 1. The average Bonchev–Trinajstić information content (AvgIpc) is 3.79. The van der Waals surface area contributed by atoms with Gasteiger partial charge < -0.3 is 36.5 Å². The van der Waals surface area contributed by atoms with Crippen LogP contribution in [-0.4, -0.2) is 98.0 Å². The van der Waals surface area contributed by atoms with Crippen LogP contribution in [0.1, 0.15) is 35.7 Å². The van der Waals surface area contributed by atoms with Crippen molar-refractivity contribution in [2.45, 2.75) is 37.4 Å². The smallest absolute Gasteiger partial charge is 0.350 e. The number of anilines is 2. The summed E-state index contributed by atoms with van der Waals surface area (Å²) in [6, 6.07) is 4.71. The van der Waals surface area contributed by atoms with Crippen LogP contribution in [0.25, 0.3) is 5.70 Å². The minimum absolute atomic E-state index is 0.0338. The molecule has 0 unspecified atom stereocenters. The van der Waals surface area contributed by atoms with Gasteiger partial charge in [0.15, 0.2) is 47.1 Å². The SMILES string of the molecule is CC(C)(O/N=C(\C(=O)N[C@@H]1C(=O)N2C(c3nnn[nH]3)=C(C[n+]3ccc(NC(=O)c4ccc(O)c(O)c4Cl)cc3)CS[C@H]12)c1csc(N)n1)C(=O)O. The third kappa shape index (κ3) is 6.98. The fourth-order valence-corrected chi connectivity index (χ4v) is 7.02. The van der Waals surface area contributed by atoms with Crippen LogP contribution in [0.5, 0.6) is 11.5 Å². The number of aromatic nitrogens is 6. The maximum atomic E-state index is 13.6. The van der Waals surface area contributed by atoms with E-state index in [1.165, 1.54) is 42.0 Å². The van der Waals surface area contributed by atoms with Gasteiger partial charge in [-0.25, -0.2) is 19.4 Å². The number of β-lactam (4-membered cyclic amide) rings is 1. The predicted octanol–water partition coefficient (Wildman–Crippen LogP) is 0.938. The number of H-pyrrole nitrogens is 1. The number of carbonyl (C=O) groups excluding carboxylic acids is 3. The van der Waals surface area contributed by atoms with Crippen LogP contribution in [-0.2, 0) is 25.8 Å². The number of aliphatic carboxylic acids is 1. The first-order chi connectivity index (χ1) is 24.2. The number of halogens is 1. The van der Waals surface area contributed by atoms with Crippen molar-refractivity contribution in [3.05, 3.63) is 69.7 Å². The highest BCUT2D eigenvalue weighted by Crippen LogP contribution is 2.43. The molecule has 1 aromatic carbocycles. The first-order valence-corrected chi connectivity index (χ1v) is 17.0. The number of phenolic OH excluding ortho intramolecular Hbond substituents is 2. The number of tetrazole rings is 1. The quantitative estimate of drug-likeness (QED) is 0.0369. The molecule has 5 heterocycles. The monoisotopic (exact) mass is 756 g/mol. The lowest BCUT2D eigenvalue weighted by atomic mass is 10.0. The van der Waals surface area contributed by atoms with E-state index in [9.17, 15) is 34.5 Å². The number of hydrogen-bond donors (Lipinski definition) is 7. The summed E-state index contributed by atoms with van der Waals surface area (Å²) in [6.07, 6.45) is 3.40. The zero-order valence-electron chi connectivity index (χ0n) is 26.4. The molecule has 3 amide bonds. The number of pyridine rings is 1. The molecule has 6 rings (SSSR count). The molecular formula is C29H27ClN11O8S2+. The number of phenols is 2. The molecule has 19 nitrogen and oxygen atoms in total. The van der Waals surface area contributed by atoms with Gasteiger partial charge in [0.2, 0.25) is 5.60 Å². The minimum atomic E-state index is -1.77. The van der Waals surface area contributed by atoms with Crippen molar-refractivity contribution < 1.29 is 43.9 Å². The molecule has 0 bridgehead atoms. The summed E-state index contributed by atoms with van der Waals surface area (Å²) in [5.74, 6) is -3.63. The Morgan fingerprint density at radius 3 is 2.63 bits per heavy atom. The Labute approximate surface area is 300 Å². The number of hydrogen-bond acceptors (Lipinski definition) is 15. The number of oxime groups is 1. The van der Waals surface area contributed by atoms with E-state index in [0.29, 0.717) is 23.7 Å². The molecule has 8 N–H and O–H groups in total. The first kappa shape index (κ1) is 35.0. The van der Waals surface area contributed by atoms with Crippen LogP contribution >= 0.6 is 34.7 Å². The molecule has 3 aromatic heterocycles. The standard InChI is InChI=1S/C29H26ClN11O8S2/c1-29(2,27(47)48)49-37-18(15-11-51-28(31)33-15)24(45)34-19-25(46)41-20(22-35-38-39-36-22)12(10-50-26(19)41)9-40-7-5-13(6-8-40)32-23(44)14-3-4-16(42)21(43)17(14)30/h3-8,11,19,26H,9-10H2,1-2H3,(H7,31,33,34,35,36,37,38,39,42,43,44,45,47,48)/p+1/t19-,26-/m1/s1. The topological polar surface area (TPSA) is 275 Å². The maximum absolute atomic E-state index is 13.6. The van der Waals surface area contributed by atoms with E-state index in [1.807, 2.05) is 0 Å². The number of amides is 3. The zero-order valence-corrected chi connectivity index (χ0v) is 28.8. The van der Waals surface area contributed by atoms with E-state index in [0.717, 1.165) is 23.0 Å². The van der Waals surface area contributed by atoms with E-state index < -0.39 is 52.2 Å². The number of fused-ring (bicyclic) bond motifs is 1. The summed E-state index contributed by atoms with van der Waals surface area (Å²) < 4.78 is 1.81. The number of thioether (sulfide) groups is 1. The van der Waals surface area contributed by atoms with Crippen molar-refractivity contribution in [1.82, 2.24) is 35.8 Å². The lowest BCUT2D eigenvalue weighted by Gasteiger charge is -2.49. The van der Waals surface area contributed by atoms with E-state index in [4.69, 9.17) is 22.2 Å². The Morgan fingerprint density at radius 1 is 1.24 bits per heavy atom. The number of rotatable bonds is 11. The van der Waals surface area contributed by atoms with Gasteiger partial charge in [-0.05, 0) is 36.4 Å². The number of carboxylic acid groups (broad SMARTS) is 1. The van der Waals surface area contributed by atoms with Crippen molar-refractivity contribution in [3.63, 3.8) is 0 Å². The Hall–Kier alpha value is -5.80. The van der Waals surface area contributed by atoms with Crippen LogP contribution in [0.2, 0.25) is 5.02 Å². The summed E-state index contributed by atoms with van der Waals surface area (Å²) in [7, 11) is 0. The molecule has 4 aromatic rings. The van der Waals surface area contributed by atoms with Crippen LogP contribution in [0.4, 0.5) is 10.8 Å². The van der Waals surface area contributed by atoms with Gasteiger partial charge in [-0.2, -0.15) is 0 Å². The van der Waals surface area contributed by atoms with Crippen molar-refractivity contribution >= 4 is 80.6 Å². The van der Waals surface area contributed by atoms with Crippen LogP contribution in [0, 0.1) is 0 Å². The number of nitrogens with two attached hydrogens (primary N) is 1. The summed E-state index contributed by atoms with van der Waals surface area (Å²) in [5.41, 5.74) is 5.24. The molecule has 264 valence electrons. The van der Waals surface area contributed by atoms with Crippen LogP contribution in [0.15, 0.2) is 52.8 Å². The van der Waals surface area contributed by atoms with Crippen molar-refractivity contribution in [1.29, 1.82) is 0 Å². The van der Waals surface area contributed by atoms with Crippen molar-refractivity contribution in [3.8, 4) is 11.5 Å². The van der Waals surface area contributed by atoms with Gasteiger partial charge in [0.25, 0.3) is 17.7 Å². The van der Waals surface area contributed by atoms with Gasteiger partial charge >= 0.3 is 5.97 Å². The molecule has 0 aliphatic carbocycles. The molecule has 0 saturated carbocycles. The Kier molecular flexibility index (Phi) is 9.51. The molecule has 0 spiro atoms. The molecule has 51 heavy (non-hydrogen) atoms. The number of benzene rings is 1. The highest BCUT2D eigenvalue weighted by Gasteiger charge is 2.54. The minimum Gasteiger partial charge on any atom is -0.504 e. The largest absolute Gasteiger partial charge is 0.504 e. The summed E-state index contributed by atoms with van der Waals surface area (Å²) >= 11 is 8.44. The molecule has 2 aliphatic heterocycles. The van der Waals surface area contributed by atoms with Gasteiger partial charge in [-0.1, -0.05) is 16.8 Å². The first-order valence-electron chi connectivity index (χ1n) is 14.7. The molecule has 1 saturated heterocycles. The van der Waals surface area contributed by atoms with Gasteiger partial charge in [-0.15, -0.1) is 28.2 Å². The fourth-order valence-electron chi connectivity index (χ4n) is 4.90. The number of aromatic amines is 1. The number of nitrogen functional groups attached to an aromatic ring is 1. The highest BCUT2D eigenvalue weighted by molar-refractivity contribution is 8.00. The molecule has 2 atom stereocenters. The van der Waals surface area contributed by atoms with Crippen LogP contribution in [0.3, 0.4) is 0 Å². The Balaban J connectivity index is 1.19. The summed E-state index contributed by atoms with van der Waals surface area (Å²) in [6.45, 7) is 2.81. The van der Waals surface area contributed by atoms with Gasteiger partial charge in [0.05, 0.1) is 22.0 Å². The summed E-state index contributed by atoms with van der Waals surface area (Å²) in [5, 5.41) is 52.8. The lowest BCUT2D eigenvalue weighted by molar-refractivity contribution is -0.688. The maximum Gasteiger partial charge on any atom is 0.350 e. The third-order valence-electron chi connectivity index (χ3n) is 7.63. The van der Waals surface area contributed by atoms with Gasteiger partial charge in [0.1, 0.15) is 17.1 Å². The molecule has 1 fully saturated rings. The van der Waals surface area contributed by atoms with E-state index in [-0.39, 0.29) is 32.9 Å². The van der Waals surface area contributed by atoms with E-state index >= 15 is 0 Å². The number of aromatic hydroxyl groups is 2. The number of carboxylic acids is 1. The summed E-state index contributed by atoms with van der Waals surface area (Å²) in [4.78, 5) is 62.1. The average molecular weight is 757 g/mol. The van der Waals surface area contributed by atoms with Crippen LogP contribution < -0.4 is 20.9 Å². The second-order valence-electron chi connectivity index (χ2n) is 11.5. The number of nitrogens with zero attached hydrogens (tertiary/aromatic N) is 7. The number of nitrogens with one attached hydrogen (secondary N) is 3. The second-order valence-corrected chi connectivity index (χ2v) is 13.9. The van der Waals surface area contributed by atoms with Crippen molar-refractivity contribution in [2.75, 3.05) is 16.8 Å². The molecule has 22 heteroatoms. The lowest BCUT2D eigenvalue weighted by Crippen LogP contribution is -2.70. The molecular weight excluding hydrogens is 730 g/mol. The second kappa shape index (κ2) is 13.8. The zero-order chi connectivity index (χ0) is 36.6. The predicted molar refractivity (Wildman–Crippen MR) is 181 cm³/mol. The Morgan fingerprint density at radius 2 is 1.98 bits per heavy atom.